The molecule has 3 fully saturated rings. The molecule has 0 aromatic carbocycles. The minimum absolute atomic E-state index is 0.0286. The van der Waals surface area contributed by atoms with Crippen LogP contribution in [-0.2, 0) is 76.7 Å². The van der Waals surface area contributed by atoms with Crippen molar-refractivity contribution in [2.45, 2.75) is 211 Å². The van der Waals surface area contributed by atoms with Gasteiger partial charge in [0.2, 0.25) is 76.8 Å². The summed E-state index contributed by atoms with van der Waals surface area (Å²) < 4.78 is 0. The fourth-order valence-electron chi connectivity index (χ4n) is 10.4. The van der Waals surface area contributed by atoms with Gasteiger partial charge < -0.3 is 89.8 Å². The van der Waals surface area contributed by atoms with Gasteiger partial charge in [0, 0.05) is 25.6 Å². The maximum atomic E-state index is 15.2. The van der Waals surface area contributed by atoms with Crippen molar-refractivity contribution in [1.29, 1.82) is 0 Å². The van der Waals surface area contributed by atoms with Gasteiger partial charge in [0.05, 0.1) is 44.3 Å². The first-order valence-corrected chi connectivity index (χ1v) is 30.7. The number of unbranched alkanes of at least 4 members (excludes halogenated alkanes) is 3. The van der Waals surface area contributed by atoms with E-state index < -0.39 is 205 Å². The summed E-state index contributed by atoms with van der Waals surface area (Å²) >= 11 is 0. The van der Waals surface area contributed by atoms with E-state index >= 15 is 4.79 Å². The normalized spacial score (nSPS) is 25.6. The fraction of sp³-hybridized carbons (Fsp3) is 0.690. The van der Waals surface area contributed by atoms with E-state index in [4.69, 9.17) is 11.5 Å². The molecule has 3 aliphatic rings. The van der Waals surface area contributed by atoms with Crippen LogP contribution in [0.15, 0.2) is 12.2 Å². The van der Waals surface area contributed by atoms with Gasteiger partial charge in [-0.15, -0.1) is 0 Å². The van der Waals surface area contributed by atoms with E-state index in [0.717, 1.165) is 43.9 Å². The van der Waals surface area contributed by atoms with E-state index in [-0.39, 0.29) is 51.6 Å². The molecule has 508 valence electrons. The van der Waals surface area contributed by atoms with E-state index in [1.807, 2.05) is 10.6 Å². The van der Waals surface area contributed by atoms with Crippen LogP contribution in [0.3, 0.4) is 0 Å². The molecule has 0 aromatic heterocycles. The first-order valence-electron chi connectivity index (χ1n) is 30.7. The number of amides is 13. The van der Waals surface area contributed by atoms with Crippen LogP contribution in [0.2, 0.25) is 0 Å². The van der Waals surface area contributed by atoms with Crippen molar-refractivity contribution in [3.05, 3.63) is 12.2 Å². The summed E-state index contributed by atoms with van der Waals surface area (Å²) in [5.41, 5.74) is 11.7. The van der Waals surface area contributed by atoms with Crippen molar-refractivity contribution < 1.29 is 92.0 Å². The van der Waals surface area contributed by atoms with Gasteiger partial charge in [0.15, 0.2) is 0 Å². The Kier molecular flexibility index (Phi) is 31.4. The monoisotopic (exact) mass is 1290 g/mol. The molecule has 91 heavy (non-hydrogen) atoms. The largest absolute Gasteiger partial charge is 0.481 e. The molecule has 0 saturated carbocycles. The highest BCUT2D eigenvalue weighted by molar-refractivity contribution is 6.01. The zero-order chi connectivity index (χ0) is 68.4. The number of hydrogen-bond acceptors (Lipinski definition) is 17. The summed E-state index contributed by atoms with van der Waals surface area (Å²) in [6, 6.07) is -18.3. The smallest absolute Gasteiger partial charge is 0.308 e. The highest BCUT2D eigenvalue weighted by Gasteiger charge is 2.45. The number of rotatable bonds is 22. The van der Waals surface area contributed by atoms with Gasteiger partial charge in [0.1, 0.15) is 54.4 Å². The average Bonchev–Trinajstić information content (AvgIpc) is 1.82. The Hall–Kier alpha value is -8.78. The molecule has 3 rings (SSSR count). The molecule has 0 bridgehead atoms. The Bertz CT molecular complexity index is 2710. The molecule has 0 aromatic rings. The summed E-state index contributed by atoms with van der Waals surface area (Å²) in [6.07, 6.45) is 6.44. The van der Waals surface area contributed by atoms with Crippen molar-refractivity contribution in [3.8, 4) is 0 Å². The van der Waals surface area contributed by atoms with Crippen LogP contribution >= 0.6 is 0 Å². The molecule has 3 saturated heterocycles. The second-order valence-corrected chi connectivity index (χ2v) is 23.7. The third-order valence-electron chi connectivity index (χ3n) is 15.9. The Labute approximate surface area is 526 Å². The zero-order valence-electron chi connectivity index (χ0n) is 52.6. The van der Waals surface area contributed by atoms with E-state index in [0.29, 0.717) is 12.3 Å². The molecule has 3 aliphatic heterocycles. The highest BCUT2D eigenvalue weighted by atomic mass is 16.4. The summed E-state index contributed by atoms with van der Waals surface area (Å²) in [4.78, 5) is 219. The number of nitrogens with one attached hydrogen (secondary N) is 10. The Morgan fingerprint density at radius 2 is 1.16 bits per heavy atom. The molecule has 0 unspecified atom stereocenters. The molecule has 0 aliphatic carbocycles. The molecular weight excluding hydrogens is 1200 g/mol. The summed E-state index contributed by atoms with van der Waals surface area (Å²) in [6.45, 7) is 8.77. The Morgan fingerprint density at radius 3 is 1.73 bits per heavy atom. The van der Waals surface area contributed by atoms with E-state index in [2.05, 4.69) is 56.4 Å². The minimum Gasteiger partial charge on any atom is -0.481 e. The van der Waals surface area contributed by atoms with Gasteiger partial charge >= 0.3 is 17.9 Å². The van der Waals surface area contributed by atoms with Crippen LogP contribution in [0.1, 0.15) is 145 Å². The maximum Gasteiger partial charge on any atom is 0.308 e. The van der Waals surface area contributed by atoms with Gasteiger partial charge in [-0.25, -0.2) is 0 Å². The topological polar surface area (TPSA) is 513 Å². The lowest BCUT2D eigenvalue weighted by Crippen LogP contribution is -2.66. The predicted molar refractivity (Wildman–Crippen MR) is 321 cm³/mol. The summed E-state index contributed by atoms with van der Waals surface area (Å²) in [5.74, 6) is -21.1. The molecule has 33 nitrogen and oxygen atoms in total. The van der Waals surface area contributed by atoms with Crippen molar-refractivity contribution in [3.63, 3.8) is 0 Å². The quantitative estimate of drug-likeness (QED) is 0.0363. The summed E-state index contributed by atoms with van der Waals surface area (Å²) in [7, 11) is 0. The van der Waals surface area contributed by atoms with Gasteiger partial charge in [0.25, 0.3) is 0 Å². The average molecular weight is 1290 g/mol. The van der Waals surface area contributed by atoms with Crippen LogP contribution in [0, 0.1) is 17.8 Å². The number of piperidine rings is 1. The minimum atomic E-state index is -2.13. The van der Waals surface area contributed by atoms with Crippen LogP contribution in [0.5, 0.6) is 0 Å². The lowest BCUT2D eigenvalue weighted by atomic mass is 9.96. The van der Waals surface area contributed by atoms with Crippen LogP contribution in [0.4, 0.5) is 0 Å². The number of fused-ring (bicyclic) bond motifs is 2. The third-order valence-corrected chi connectivity index (χ3v) is 15.9. The Morgan fingerprint density at radius 1 is 0.626 bits per heavy atom. The third kappa shape index (κ3) is 24.8. The van der Waals surface area contributed by atoms with Gasteiger partial charge in [-0.1, -0.05) is 65.5 Å². The number of aliphatic carboxylic acids is 3. The summed E-state index contributed by atoms with van der Waals surface area (Å²) in [5, 5.41) is 52.5. The molecule has 3 heterocycles. The van der Waals surface area contributed by atoms with Gasteiger partial charge in [-0.05, 0) is 77.6 Å². The molecular formula is C58H92N14O19. The standard InChI is InChI=1S/C58H92N14O19/c1-8-30(4)18-13-11-9-10-12-14-21-40(74)64-34(24-39(60)73)51(83)70-48-33(7)63-52(84)38-20-17-23-72(38)56(88)45(29(2)3)68-55(87)47(32(6)59)67-42(76)28-62-49(81)35(25-43(77)78)65-41(75)27-61-50(82)36(26-44(79)80)66-54(86)46(31(5)58(90)91)69-53(85)37-19-15-16-22-71(37)57(48)89/h12,14,29-38,45-48H,8-11,13,15-28,59H2,1-7H3,(H2,60,73)(H,61,82)(H,62,81)(H,63,84)(H,64,74)(H,65,75)(H,66,86)(H,67,76)(H,68,87)(H,69,85)(H,70,83)(H,77,78)(H,79,80)(H,90,91)/b14-12-/t30-,31-,32+,33+,34-,35-,36-,37+,38-,45-,46-,47+,48-/m0/s1. The van der Waals surface area contributed by atoms with Crippen LogP contribution in [-0.4, -0.2) is 212 Å². The second kappa shape index (κ2) is 37.4. The molecule has 0 spiro atoms. The van der Waals surface area contributed by atoms with Gasteiger partial charge in [-0.2, -0.15) is 0 Å². The number of carbonyl (C=O) groups is 16. The van der Waals surface area contributed by atoms with Crippen LogP contribution in [0.25, 0.3) is 0 Å². The number of nitrogens with zero attached hydrogens (tertiary/aromatic N) is 2. The second-order valence-electron chi connectivity index (χ2n) is 23.7. The van der Waals surface area contributed by atoms with Crippen molar-refractivity contribution >= 4 is 94.7 Å². The predicted octanol–water partition coefficient (Wildman–Crippen LogP) is -4.01. The number of allylic oxidation sites excluding steroid dienone is 1. The van der Waals surface area contributed by atoms with E-state index in [1.54, 1.807) is 26.0 Å². The lowest BCUT2D eigenvalue weighted by Gasteiger charge is -2.39. The number of primary amides is 1. The molecule has 33 heteroatoms. The number of carbonyl (C=O) groups excluding carboxylic acids is 13. The first kappa shape index (κ1) is 76.5. The zero-order valence-corrected chi connectivity index (χ0v) is 52.6. The SMILES string of the molecule is CC[C@H](C)CCCCC/C=C\CC(=O)N[C@@H](CC(N)=O)C(=O)N[C@@H]1C(=O)N2CCCC[C@@H]2C(=O)N[C@@H]([C@H](C)C(=O)O)C(=O)N[C@@H](CC(=O)O)C(=O)NCC(=O)N[C@@H](CC(=O)O)C(=O)NCC(=O)N[C@H]([C@@H](C)N)C(=O)N[C@@H](C(C)C)C(=O)N2CCC[C@H]2C(=O)N[C@@H]1C. The lowest BCUT2D eigenvalue weighted by molar-refractivity contribution is -0.149. The van der Waals surface area contributed by atoms with Gasteiger partial charge in [-0.3, -0.25) is 76.7 Å². The number of carboxylic acid groups (broad SMARTS) is 3. The van der Waals surface area contributed by atoms with Crippen molar-refractivity contribution in [2.24, 2.45) is 29.2 Å². The first-order chi connectivity index (χ1) is 42.8. The number of hydrogen-bond donors (Lipinski definition) is 15. The van der Waals surface area contributed by atoms with E-state index in [9.17, 15) is 87.2 Å². The maximum absolute atomic E-state index is 15.2. The van der Waals surface area contributed by atoms with E-state index in [1.165, 1.54) is 18.7 Å². The molecule has 17 N–H and O–H groups in total. The number of nitrogens with two attached hydrogens (primary N) is 2. The van der Waals surface area contributed by atoms with Crippen molar-refractivity contribution in [1.82, 2.24) is 63.0 Å². The fourth-order valence-corrected chi connectivity index (χ4v) is 10.4. The molecule has 0 radical (unpaired) electrons. The molecule has 13 amide bonds. The van der Waals surface area contributed by atoms with Crippen molar-refractivity contribution in [2.75, 3.05) is 26.2 Å². The molecule has 13 atom stereocenters. The highest BCUT2D eigenvalue weighted by Crippen LogP contribution is 2.24. The number of carboxylic acids is 3. The van der Waals surface area contributed by atoms with Crippen LogP contribution < -0.4 is 64.6 Å². The Balaban J connectivity index is 2.17.